The van der Waals surface area contributed by atoms with Crippen molar-refractivity contribution in [2.24, 2.45) is 5.92 Å². The standard InChI is InChI=1S/C16H21Cl2NO/c1-11-6-8-16(10-17,9-7-11)19-15(20)13-4-3-5-14(18)12(13)2/h3-5,11H,6-10H2,1-2H3,(H,19,20). The van der Waals surface area contributed by atoms with Crippen LogP contribution in [0.4, 0.5) is 0 Å². The van der Waals surface area contributed by atoms with E-state index in [4.69, 9.17) is 23.2 Å². The van der Waals surface area contributed by atoms with Crippen LogP contribution in [-0.4, -0.2) is 17.3 Å². The summed E-state index contributed by atoms with van der Waals surface area (Å²) < 4.78 is 0. The number of carbonyl (C=O) groups excluding carboxylic acids is 1. The highest BCUT2D eigenvalue weighted by atomic mass is 35.5. The fraction of sp³-hybridized carbons (Fsp3) is 0.562. The second-order valence-corrected chi connectivity index (χ2v) is 6.64. The predicted octanol–water partition coefficient (Wildman–Crippen LogP) is 4.57. The molecule has 0 radical (unpaired) electrons. The van der Waals surface area contributed by atoms with Gasteiger partial charge in [0.1, 0.15) is 0 Å². The number of hydrogen-bond donors (Lipinski definition) is 1. The van der Waals surface area contributed by atoms with Gasteiger partial charge in [-0.15, -0.1) is 11.6 Å². The summed E-state index contributed by atoms with van der Waals surface area (Å²) in [6.45, 7) is 4.12. The molecule has 0 heterocycles. The average molecular weight is 314 g/mol. The summed E-state index contributed by atoms with van der Waals surface area (Å²) >= 11 is 12.2. The van der Waals surface area contributed by atoms with Gasteiger partial charge < -0.3 is 5.32 Å². The lowest BCUT2D eigenvalue weighted by molar-refractivity contribution is 0.0872. The summed E-state index contributed by atoms with van der Waals surface area (Å²) in [5.41, 5.74) is 1.20. The highest BCUT2D eigenvalue weighted by Crippen LogP contribution is 2.33. The van der Waals surface area contributed by atoms with Crippen molar-refractivity contribution in [3.63, 3.8) is 0 Å². The lowest BCUT2D eigenvalue weighted by Gasteiger charge is -2.38. The summed E-state index contributed by atoms with van der Waals surface area (Å²) in [6, 6.07) is 5.41. The van der Waals surface area contributed by atoms with E-state index < -0.39 is 0 Å². The Bertz CT molecular complexity index is 493. The number of benzene rings is 1. The molecule has 0 bridgehead atoms. The average Bonchev–Trinajstić information content (AvgIpc) is 2.44. The molecule has 4 heteroatoms. The number of hydrogen-bond acceptors (Lipinski definition) is 1. The van der Waals surface area contributed by atoms with Crippen molar-refractivity contribution >= 4 is 29.1 Å². The maximum atomic E-state index is 12.5. The van der Waals surface area contributed by atoms with Gasteiger partial charge in [0, 0.05) is 16.5 Å². The maximum Gasteiger partial charge on any atom is 0.252 e. The summed E-state index contributed by atoms with van der Waals surface area (Å²) in [4.78, 5) is 12.5. The van der Waals surface area contributed by atoms with E-state index in [1.54, 1.807) is 12.1 Å². The van der Waals surface area contributed by atoms with Gasteiger partial charge in [0.2, 0.25) is 0 Å². The van der Waals surface area contributed by atoms with Crippen LogP contribution in [0.5, 0.6) is 0 Å². The number of halogens is 2. The first-order valence-corrected chi connectivity index (χ1v) is 8.02. The number of amides is 1. The molecule has 1 aliphatic rings. The molecule has 110 valence electrons. The zero-order chi connectivity index (χ0) is 14.8. The largest absolute Gasteiger partial charge is 0.345 e. The van der Waals surface area contributed by atoms with Crippen molar-refractivity contribution in [1.29, 1.82) is 0 Å². The Balaban J connectivity index is 2.15. The van der Waals surface area contributed by atoms with Crippen LogP contribution >= 0.6 is 23.2 Å². The van der Waals surface area contributed by atoms with Gasteiger partial charge in [0.05, 0.1) is 5.54 Å². The minimum Gasteiger partial charge on any atom is -0.345 e. The zero-order valence-corrected chi connectivity index (χ0v) is 13.5. The van der Waals surface area contributed by atoms with E-state index in [-0.39, 0.29) is 11.4 Å². The molecule has 0 unspecified atom stereocenters. The Morgan fingerprint density at radius 3 is 2.65 bits per heavy atom. The predicted molar refractivity (Wildman–Crippen MR) is 84.7 cm³/mol. The van der Waals surface area contributed by atoms with Crippen LogP contribution in [0.1, 0.15) is 48.5 Å². The Labute approximate surface area is 130 Å². The zero-order valence-electron chi connectivity index (χ0n) is 12.0. The normalized spacial score (nSPS) is 26.3. The van der Waals surface area contributed by atoms with Gasteiger partial charge in [-0.05, 0) is 56.2 Å². The lowest BCUT2D eigenvalue weighted by atomic mass is 9.78. The van der Waals surface area contributed by atoms with E-state index in [1.165, 1.54) is 0 Å². The number of nitrogens with one attached hydrogen (secondary N) is 1. The van der Waals surface area contributed by atoms with Crippen LogP contribution in [-0.2, 0) is 0 Å². The van der Waals surface area contributed by atoms with Crippen LogP contribution < -0.4 is 5.32 Å². The molecular weight excluding hydrogens is 293 g/mol. The molecule has 1 aromatic carbocycles. The monoisotopic (exact) mass is 313 g/mol. The molecule has 0 aromatic heterocycles. The van der Waals surface area contributed by atoms with Gasteiger partial charge in [0.15, 0.2) is 0 Å². The summed E-state index contributed by atoms with van der Waals surface area (Å²) in [5.74, 6) is 1.11. The van der Waals surface area contributed by atoms with Crippen LogP contribution in [0.15, 0.2) is 18.2 Å². The minimum atomic E-state index is -0.264. The summed E-state index contributed by atoms with van der Waals surface area (Å²) in [6.07, 6.45) is 4.12. The molecule has 20 heavy (non-hydrogen) atoms. The Morgan fingerprint density at radius 2 is 2.05 bits per heavy atom. The van der Waals surface area contributed by atoms with Gasteiger partial charge in [-0.2, -0.15) is 0 Å². The van der Waals surface area contributed by atoms with E-state index in [9.17, 15) is 4.79 Å². The van der Waals surface area contributed by atoms with Gasteiger partial charge in [-0.25, -0.2) is 0 Å². The highest BCUT2D eigenvalue weighted by Gasteiger charge is 2.35. The van der Waals surface area contributed by atoms with Crippen LogP contribution in [0.25, 0.3) is 0 Å². The number of alkyl halides is 1. The third-order valence-corrected chi connectivity index (χ3v) is 5.30. The van der Waals surface area contributed by atoms with Crippen LogP contribution in [0, 0.1) is 12.8 Å². The van der Waals surface area contributed by atoms with Gasteiger partial charge >= 0.3 is 0 Å². The first-order valence-electron chi connectivity index (χ1n) is 7.11. The van der Waals surface area contributed by atoms with E-state index in [0.717, 1.165) is 37.2 Å². The van der Waals surface area contributed by atoms with E-state index >= 15 is 0 Å². The molecular formula is C16H21Cl2NO. The Kier molecular flexibility index (Phi) is 4.98. The molecule has 1 aliphatic carbocycles. The van der Waals surface area contributed by atoms with E-state index in [2.05, 4.69) is 12.2 Å². The van der Waals surface area contributed by atoms with Crippen molar-refractivity contribution in [1.82, 2.24) is 5.32 Å². The molecule has 0 spiro atoms. The molecule has 1 saturated carbocycles. The van der Waals surface area contributed by atoms with Gasteiger partial charge in [-0.3, -0.25) is 4.79 Å². The van der Waals surface area contributed by atoms with Gasteiger partial charge in [0.25, 0.3) is 5.91 Å². The molecule has 1 N–H and O–H groups in total. The quantitative estimate of drug-likeness (QED) is 0.814. The first-order chi connectivity index (χ1) is 9.47. The topological polar surface area (TPSA) is 29.1 Å². The Hall–Kier alpha value is -0.730. The van der Waals surface area contributed by atoms with Crippen molar-refractivity contribution in [3.8, 4) is 0 Å². The van der Waals surface area contributed by atoms with E-state index in [1.807, 2.05) is 13.0 Å². The highest BCUT2D eigenvalue weighted by molar-refractivity contribution is 6.31. The molecule has 0 saturated heterocycles. The number of rotatable bonds is 3. The number of carbonyl (C=O) groups is 1. The molecule has 1 aromatic rings. The molecule has 0 atom stereocenters. The van der Waals surface area contributed by atoms with Crippen LogP contribution in [0.3, 0.4) is 0 Å². The molecule has 1 amide bonds. The van der Waals surface area contributed by atoms with Crippen molar-refractivity contribution in [2.45, 2.75) is 45.1 Å². The first kappa shape index (κ1) is 15.7. The lowest BCUT2D eigenvalue weighted by Crippen LogP contribution is -2.52. The fourth-order valence-electron chi connectivity index (χ4n) is 2.77. The fourth-order valence-corrected chi connectivity index (χ4v) is 3.28. The van der Waals surface area contributed by atoms with Crippen molar-refractivity contribution in [3.05, 3.63) is 34.3 Å². The Morgan fingerprint density at radius 1 is 1.40 bits per heavy atom. The molecule has 1 fully saturated rings. The maximum absolute atomic E-state index is 12.5. The third-order valence-electron chi connectivity index (χ3n) is 4.38. The summed E-state index contributed by atoms with van der Waals surface area (Å²) in [5, 5.41) is 3.78. The second-order valence-electron chi connectivity index (χ2n) is 5.96. The molecule has 0 aliphatic heterocycles. The van der Waals surface area contributed by atoms with Crippen molar-refractivity contribution in [2.75, 3.05) is 5.88 Å². The van der Waals surface area contributed by atoms with Crippen molar-refractivity contribution < 1.29 is 4.79 Å². The third kappa shape index (κ3) is 3.29. The summed E-state index contributed by atoms with van der Waals surface area (Å²) in [7, 11) is 0. The molecule has 2 nitrogen and oxygen atoms in total. The smallest absolute Gasteiger partial charge is 0.252 e. The second kappa shape index (κ2) is 6.36. The minimum absolute atomic E-state index is 0.0693. The SMILES string of the molecule is Cc1c(Cl)cccc1C(=O)NC1(CCl)CCC(C)CC1. The molecule has 2 rings (SSSR count). The van der Waals surface area contributed by atoms with E-state index in [0.29, 0.717) is 16.5 Å². The van der Waals surface area contributed by atoms with Gasteiger partial charge in [-0.1, -0.05) is 24.6 Å². The van der Waals surface area contributed by atoms with Crippen LogP contribution in [0.2, 0.25) is 5.02 Å².